The molecule has 16 heavy (non-hydrogen) atoms. The predicted molar refractivity (Wildman–Crippen MR) is 52.5 cm³/mol. The molecule has 1 aromatic carbocycles. The SMILES string of the molecule is O=C1CC(c2ccc(F)c(F)c2)CN1CO. The highest BCUT2D eigenvalue weighted by Crippen LogP contribution is 2.28. The fourth-order valence-corrected chi connectivity index (χ4v) is 1.90. The van der Waals surface area contributed by atoms with Gasteiger partial charge in [-0.2, -0.15) is 0 Å². The summed E-state index contributed by atoms with van der Waals surface area (Å²) in [6.45, 7) is 0.0133. The van der Waals surface area contributed by atoms with Crippen LogP contribution in [-0.4, -0.2) is 29.2 Å². The zero-order valence-electron chi connectivity index (χ0n) is 8.49. The van der Waals surface area contributed by atoms with Gasteiger partial charge in [0.2, 0.25) is 5.91 Å². The maximum Gasteiger partial charge on any atom is 0.225 e. The Morgan fingerprint density at radius 1 is 1.38 bits per heavy atom. The van der Waals surface area contributed by atoms with E-state index in [1.807, 2.05) is 0 Å². The normalized spacial score (nSPS) is 20.6. The van der Waals surface area contributed by atoms with Crippen molar-refractivity contribution in [1.29, 1.82) is 0 Å². The van der Waals surface area contributed by atoms with Crippen molar-refractivity contribution in [3.8, 4) is 0 Å². The average molecular weight is 227 g/mol. The van der Waals surface area contributed by atoms with Gasteiger partial charge < -0.3 is 10.0 Å². The minimum absolute atomic E-state index is 0.169. The molecule has 0 radical (unpaired) electrons. The summed E-state index contributed by atoms with van der Waals surface area (Å²) in [5, 5.41) is 8.87. The monoisotopic (exact) mass is 227 g/mol. The van der Waals surface area contributed by atoms with E-state index in [1.54, 1.807) is 0 Å². The smallest absolute Gasteiger partial charge is 0.225 e. The van der Waals surface area contributed by atoms with Crippen LogP contribution in [0.5, 0.6) is 0 Å². The molecule has 1 aliphatic heterocycles. The molecule has 1 amide bonds. The van der Waals surface area contributed by atoms with Gasteiger partial charge >= 0.3 is 0 Å². The zero-order valence-corrected chi connectivity index (χ0v) is 8.49. The number of benzene rings is 1. The van der Waals surface area contributed by atoms with Crippen LogP contribution in [0.15, 0.2) is 18.2 Å². The van der Waals surface area contributed by atoms with Crippen molar-refractivity contribution in [2.45, 2.75) is 12.3 Å². The highest BCUT2D eigenvalue weighted by atomic mass is 19.2. The first kappa shape index (κ1) is 11.0. The quantitative estimate of drug-likeness (QED) is 0.825. The van der Waals surface area contributed by atoms with Gasteiger partial charge in [-0.3, -0.25) is 4.79 Å². The fraction of sp³-hybridized carbons (Fsp3) is 0.364. The van der Waals surface area contributed by atoms with Crippen LogP contribution >= 0.6 is 0 Å². The Kier molecular flexibility index (Phi) is 2.87. The first-order valence-electron chi connectivity index (χ1n) is 4.95. The molecule has 1 atom stereocenters. The van der Waals surface area contributed by atoms with Crippen molar-refractivity contribution in [2.24, 2.45) is 0 Å². The van der Waals surface area contributed by atoms with Crippen LogP contribution in [0, 0.1) is 11.6 Å². The molecule has 1 heterocycles. The molecule has 1 unspecified atom stereocenters. The molecule has 1 aromatic rings. The van der Waals surface area contributed by atoms with Gasteiger partial charge in [0.05, 0.1) is 0 Å². The van der Waals surface area contributed by atoms with Crippen LogP contribution in [0.3, 0.4) is 0 Å². The van der Waals surface area contributed by atoms with E-state index in [0.717, 1.165) is 12.1 Å². The van der Waals surface area contributed by atoms with Crippen molar-refractivity contribution in [3.05, 3.63) is 35.4 Å². The van der Waals surface area contributed by atoms with Gasteiger partial charge in [-0.15, -0.1) is 0 Å². The second kappa shape index (κ2) is 4.17. The van der Waals surface area contributed by atoms with E-state index in [9.17, 15) is 13.6 Å². The Morgan fingerprint density at radius 2 is 2.12 bits per heavy atom. The molecule has 0 saturated carbocycles. The van der Waals surface area contributed by atoms with Crippen molar-refractivity contribution >= 4 is 5.91 Å². The number of nitrogens with zero attached hydrogens (tertiary/aromatic N) is 1. The Bertz CT molecular complexity index is 422. The number of carbonyl (C=O) groups is 1. The number of amides is 1. The average Bonchev–Trinajstić information content (AvgIpc) is 2.64. The lowest BCUT2D eigenvalue weighted by atomic mass is 9.98. The molecule has 2 rings (SSSR count). The molecular formula is C11H11F2NO2. The van der Waals surface area contributed by atoms with Crippen LogP contribution in [0.4, 0.5) is 8.78 Å². The minimum Gasteiger partial charge on any atom is -0.376 e. The maximum absolute atomic E-state index is 13.0. The first-order valence-corrected chi connectivity index (χ1v) is 4.95. The Morgan fingerprint density at radius 3 is 2.69 bits per heavy atom. The lowest BCUT2D eigenvalue weighted by molar-refractivity contribution is -0.130. The number of halogens is 2. The minimum atomic E-state index is -0.910. The molecule has 1 aliphatic rings. The third-order valence-electron chi connectivity index (χ3n) is 2.80. The van der Waals surface area contributed by atoms with Crippen LogP contribution in [0.1, 0.15) is 17.9 Å². The molecule has 0 aliphatic carbocycles. The van der Waals surface area contributed by atoms with Crippen LogP contribution < -0.4 is 0 Å². The molecule has 5 heteroatoms. The van der Waals surface area contributed by atoms with Gasteiger partial charge in [-0.05, 0) is 17.7 Å². The van der Waals surface area contributed by atoms with Crippen molar-refractivity contribution in [2.75, 3.05) is 13.3 Å². The third-order valence-corrected chi connectivity index (χ3v) is 2.80. The first-order chi connectivity index (χ1) is 7.61. The zero-order chi connectivity index (χ0) is 11.7. The molecular weight excluding hydrogens is 216 g/mol. The van der Waals surface area contributed by atoms with Gasteiger partial charge in [0, 0.05) is 18.9 Å². The van der Waals surface area contributed by atoms with E-state index < -0.39 is 11.6 Å². The number of likely N-dealkylation sites (tertiary alicyclic amines) is 1. The molecule has 0 bridgehead atoms. The number of aliphatic hydroxyl groups excluding tert-OH is 1. The molecule has 3 nitrogen and oxygen atoms in total. The summed E-state index contributed by atoms with van der Waals surface area (Å²) in [5.41, 5.74) is 0.586. The third kappa shape index (κ3) is 1.90. The van der Waals surface area contributed by atoms with Crippen molar-refractivity contribution < 1.29 is 18.7 Å². The molecule has 1 N–H and O–H groups in total. The predicted octanol–water partition coefficient (Wildman–Crippen LogP) is 1.23. The molecule has 86 valence electrons. The lowest BCUT2D eigenvalue weighted by Gasteiger charge is -2.12. The standard InChI is InChI=1S/C11H11F2NO2/c12-9-2-1-7(3-10(9)13)8-4-11(16)14(5-8)6-15/h1-3,8,15H,4-6H2. The number of hydrogen-bond acceptors (Lipinski definition) is 2. The van der Waals surface area contributed by atoms with Crippen LogP contribution in [0.25, 0.3) is 0 Å². The van der Waals surface area contributed by atoms with Gasteiger partial charge in [0.15, 0.2) is 11.6 Å². The van der Waals surface area contributed by atoms with Gasteiger partial charge in [0.25, 0.3) is 0 Å². The molecule has 0 spiro atoms. The summed E-state index contributed by atoms with van der Waals surface area (Å²) in [6, 6.07) is 3.63. The lowest BCUT2D eigenvalue weighted by Crippen LogP contribution is -2.25. The van der Waals surface area contributed by atoms with E-state index in [-0.39, 0.29) is 25.0 Å². The highest BCUT2D eigenvalue weighted by Gasteiger charge is 2.30. The highest BCUT2D eigenvalue weighted by molar-refractivity contribution is 5.79. The topological polar surface area (TPSA) is 40.5 Å². The summed E-state index contributed by atoms with van der Waals surface area (Å²) in [7, 11) is 0. The van der Waals surface area contributed by atoms with E-state index in [4.69, 9.17) is 5.11 Å². The summed E-state index contributed by atoms with van der Waals surface area (Å²) < 4.78 is 25.7. The van der Waals surface area contributed by atoms with E-state index in [1.165, 1.54) is 11.0 Å². The van der Waals surface area contributed by atoms with E-state index in [0.29, 0.717) is 12.1 Å². The van der Waals surface area contributed by atoms with Crippen LogP contribution in [-0.2, 0) is 4.79 Å². The Balaban J connectivity index is 2.20. The van der Waals surface area contributed by atoms with Gasteiger partial charge in [0.1, 0.15) is 6.73 Å². The number of rotatable bonds is 2. The summed E-state index contributed by atoms with van der Waals surface area (Å²) >= 11 is 0. The number of carbonyl (C=O) groups excluding carboxylic acids is 1. The molecule has 1 saturated heterocycles. The van der Waals surface area contributed by atoms with E-state index >= 15 is 0 Å². The van der Waals surface area contributed by atoms with Crippen molar-refractivity contribution in [3.63, 3.8) is 0 Å². The number of aliphatic hydroxyl groups is 1. The van der Waals surface area contributed by atoms with E-state index in [2.05, 4.69) is 0 Å². The van der Waals surface area contributed by atoms with Crippen molar-refractivity contribution in [1.82, 2.24) is 4.90 Å². The Labute approximate surface area is 91.3 Å². The summed E-state index contributed by atoms with van der Waals surface area (Å²) in [5.74, 6) is -2.15. The van der Waals surface area contributed by atoms with Gasteiger partial charge in [-0.1, -0.05) is 6.07 Å². The molecule has 1 fully saturated rings. The largest absolute Gasteiger partial charge is 0.376 e. The summed E-state index contributed by atoms with van der Waals surface area (Å²) in [6.07, 6.45) is 0.228. The Hall–Kier alpha value is -1.49. The molecule has 0 aromatic heterocycles. The maximum atomic E-state index is 13.0. The van der Waals surface area contributed by atoms with Crippen LogP contribution in [0.2, 0.25) is 0 Å². The second-order valence-corrected chi connectivity index (χ2v) is 3.83. The second-order valence-electron chi connectivity index (χ2n) is 3.83. The van der Waals surface area contributed by atoms with Gasteiger partial charge in [-0.25, -0.2) is 8.78 Å². The summed E-state index contributed by atoms with van der Waals surface area (Å²) in [4.78, 5) is 12.6. The fourth-order valence-electron chi connectivity index (χ4n) is 1.90. The number of hydrogen-bond donors (Lipinski definition) is 1.